The summed E-state index contributed by atoms with van der Waals surface area (Å²) in [6, 6.07) is 53.0. The molecule has 640 valence electrons. The van der Waals surface area contributed by atoms with Crippen LogP contribution in [0.5, 0.6) is 5.88 Å². The molecule has 4 N–H and O–H groups in total. The Kier molecular flexibility index (Phi) is 26.1. The fourth-order valence-corrected chi connectivity index (χ4v) is 23.7. The van der Waals surface area contributed by atoms with Crippen molar-refractivity contribution >= 4 is 125 Å². The highest BCUT2D eigenvalue weighted by Gasteiger charge is 2.49. The van der Waals surface area contributed by atoms with E-state index in [0.29, 0.717) is 128 Å². The Balaban J connectivity index is 0.000000117. The number of aromatic nitrogens is 5. The maximum absolute atomic E-state index is 13.9. The van der Waals surface area contributed by atoms with E-state index in [-0.39, 0.29) is 64.7 Å². The van der Waals surface area contributed by atoms with Crippen LogP contribution in [0.25, 0.3) is 43.6 Å². The first kappa shape index (κ1) is 85.8. The fraction of sp³-hybridized carbons (Fsp3) is 0.388. The summed E-state index contributed by atoms with van der Waals surface area (Å²) in [7, 11) is 1.57. The SMILES string of the molecule is CC(C(=O)Nc1ccc(Cl)cc1)C1C[C@H]2CC(c3ccnc4ccc(F)cc34)C[C@H]2C1.CC(C(=O)Nc1cccc(Cl)c1)C1C[C@H]2CC(c3ccnc4ccc(F)cc34)C[C@H]2C1.COc1ccc(NC(=O)C(C)C2C[C@H]3CC(c4ccnc5ccc(F)cc45)C[C@H]3C2)cn1.O=C(CC1C[C@@H]2CC(c3ccnc4ccc(F)cc34)C[C@@H]2C1)Nc1ccc(Cl)cc1. The van der Waals surface area contributed by atoms with Crippen LogP contribution in [0.4, 0.5) is 40.3 Å². The van der Waals surface area contributed by atoms with Crippen molar-refractivity contribution in [3.05, 3.63) is 274 Å². The Morgan fingerprint density at radius 3 is 0.984 bits per heavy atom. The van der Waals surface area contributed by atoms with Crippen molar-refractivity contribution in [2.75, 3.05) is 28.4 Å². The van der Waals surface area contributed by atoms with E-state index >= 15 is 0 Å². The second-order valence-electron chi connectivity index (χ2n) is 36.7. The molecule has 124 heavy (non-hydrogen) atoms. The summed E-state index contributed by atoms with van der Waals surface area (Å²) in [5.41, 5.74) is 11.4. The first-order valence-corrected chi connectivity index (χ1v) is 45.3. The van der Waals surface area contributed by atoms with Crippen LogP contribution in [-0.4, -0.2) is 55.7 Å². The van der Waals surface area contributed by atoms with E-state index in [1.54, 1.807) is 104 Å². The number of pyridine rings is 5. The molecule has 5 aromatic heterocycles. The van der Waals surface area contributed by atoms with Crippen LogP contribution in [0.1, 0.15) is 176 Å². The fourth-order valence-electron chi connectivity index (χ4n) is 23.2. The zero-order valence-electron chi connectivity index (χ0n) is 70.1. The van der Waals surface area contributed by atoms with Crippen LogP contribution < -0.4 is 26.0 Å². The lowest BCUT2D eigenvalue weighted by molar-refractivity contribution is -0.121. The van der Waals surface area contributed by atoms with Crippen molar-refractivity contribution in [1.29, 1.82) is 0 Å². The average Bonchev–Trinajstić information content (AvgIpc) is 1.58. The van der Waals surface area contributed by atoms with Gasteiger partial charge in [0.15, 0.2) is 0 Å². The number of hydrogen-bond acceptors (Lipinski definition) is 10. The van der Waals surface area contributed by atoms with E-state index in [1.165, 1.54) is 46.5 Å². The number of hydrogen-bond donors (Lipinski definition) is 4. The van der Waals surface area contributed by atoms with E-state index in [1.807, 2.05) is 88.0 Å². The van der Waals surface area contributed by atoms with Crippen molar-refractivity contribution in [2.24, 2.45) is 88.8 Å². The molecule has 0 saturated heterocycles. The largest absolute Gasteiger partial charge is 0.481 e. The number of anilines is 4. The number of halogens is 7. The van der Waals surface area contributed by atoms with Crippen LogP contribution in [0.15, 0.2) is 213 Å². The first-order valence-electron chi connectivity index (χ1n) is 44.2. The number of ether oxygens (including phenoxy) is 1. The second-order valence-corrected chi connectivity index (χ2v) is 38.0. The zero-order chi connectivity index (χ0) is 86.0. The molecule has 5 heterocycles. The van der Waals surface area contributed by atoms with Crippen LogP contribution in [0, 0.1) is 112 Å². The van der Waals surface area contributed by atoms with E-state index in [2.05, 4.69) is 70.5 Å². The first-order chi connectivity index (χ1) is 60.0. The molecule has 0 bridgehead atoms. The molecule has 21 heteroatoms. The number of nitrogens with one attached hydrogen (secondary N) is 4. The topological polar surface area (TPSA) is 190 Å². The lowest BCUT2D eigenvalue weighted by Crippen LogP contribution is -2.26. The van der Waals surface area contributed by atoms with Gasteiger partial charge >= 0.3 is 0 Å². The number of carbonyl (C=O) groups is 4. The lowest BCUT2D eigenvalue weighted by Gasteiger charge is -2.21. The number of nitrogens with zero attached hydrogens (tertiary/aromatic N) is 5. The highest BCUT2D eigenvalue weighted by Crippen LogP contribution is 2.59. The number of benzene rings is 7. The van der Waals surface area contributed by atoms with Gasteiger partial charge in [-0.15, -0.1) is 0 Å². The van der Waals surface area contributed by atoms with Crippen LogP contribution in [0.2, 0.25) is 15.1 Å². The van der Waals surface area contributed by atoms with E-state index in [0.717, 1.165) is 163 Å². The molecule has 8 aliphatic carbocycles. The quantitative estimate of drug-likeness (QED) is 0.0638. The molecule has 8 saturated carbocycles. The molecule has 4 amide bonds. The van der Waals surface area contributed by atoms with Gasteiger partial charge in [-0.2, -0.15) is 0 Å². The molecule has 19 atom stereocenters. The summed E-state index contributed by atoms with van der Waals surface area (Å²) in [6.45, 7) is 6.13. The maximum atomic E-state index is 13.9. The Morgan fingerprint density at radius 2 is 0.661 bits per heavy atom. The van der Waals surface area contributed by atoms with Crippen molar-refractivity contribution < 1.29 is 41.5 Å². The van der Waals surface area contributed by atoms with Gasteiger partial charge in [-0.05, 0) is 390 Å². The predicted octanol–water partition coefficient (Wildman–Crippen LogP) is 25.8. The van der Waals surface area contributed by atoms with Gasteiger partial charge in [-0.25, -0.2) is 22.5 Å². The normalized spacial score (nSPS) is 25.7. The van der Waals surface area contributed by atoms with Crippen LogP contribution in [-0.2, 0) is 19.2 Å². The predicted molar refractivity (Wildman–Crippen MR) is 485 cm³/mol. The second kappa shape index (κ2) is 37.8. The summed E-state index contributed by atoms with van der Waals surface area (Å²) in [5.74, 6) is 8.41. The molecule has 12 aromatic rings. The summed E-state index contributed by atoms with van der Waals surface area (Å²) in [6.07, 6.45) is 27.2. The highest BCUT2D eigenvalue weighted by atomic mass is 35.5. The van der Waals surface area contributed by atoms with Gasteiger partial charge < -0.3 is 26.0 Å². The smallest absolute Gasteiger partial charge is 0.227 e. The standard InChI is InChI=1S/2C26H26ClFN2O.C26H28FN3O2.C25H24ClFN2O/c1-15(26(31)30-22-5-2-20(27)3-6-22)16-10-17-12-19(13-18(17)11-16)23-8-9-29-25-7-4-21(28)14-24(23)25;1-15(26(31)30-22-4-2-3-20(27)13-22)16-9-17-11-19(12-18(17)10-16)23-7-8-29-25-6-5-21(28)14-24(23)25;1-15(26(31)30-21-4-6-25(32-2)29-14-21)16-9-17-11-19(12-18(17)10-16)22-7-8-28-24-5-3-20(27)13-23(22)24;26-19-1-4-21(5-2-19)29-25(30)11-15-9-16-12-18(13-17(16)10-15)22-7-8-28-24-6-3-20(27)14-23(22)24/h2-9,14-19H,10-13H2,1H3,(H,30,31);2-8,13-19H,9-12H2,1H3,(H,30,31);3-8,13-19H,9-12H2,1-2H3,(H,30,31);1-8,14-18H,9-13H2,(H,29,30)/t3*15?,16?,17-,18+,19?;15?,16-,17+,18?. The van der Waals surface area contributed by atoms with Gasteiger partial charge in [-0.1, -0.05) is 61.6 Å². The highest BCUT2D eigenvalue weighted by molar-refractivity contribution is 6.31. The van der Waals surface area contributed by atoms with E-state index in [4.69, 9.17) is 39.5 Å². The van der Waals surface area contributed by atoms with Gasteiger partial charge in [-0.3, -0.25) is 39.1 Å². The third-order valence-electron chi connectivity index (χ3n) is 29.4. The summed E-state index contributed by atoms with van der Waals surface area (Å²) >= 11 is 17.9. The Morgan fingerprint density at radius 1 is 0.347 bits per heavy atom. The molecule has 7 aromatic carbocycles. The molecule has 8 fully saturated rings. The molecule has 0 spiro atoms. The molecule has 14 nitrogen and oxygen atoms in total. The third kappa shape index (κ3) is 19.6. The Bertz CT molecular complexity index is 5840. The van der Waals surface area contributed by atoms with Gasteiger partial charge in [0.25, 0.3) is 0 Å². The summed E-state index contributed by atoms with van der Waals surface area (Å²) in [4.78, 5) is 72.6. The number of methoxy groups -OCH3 is 1. The monoisotopic (exact) mass is 1730 g/mol. The Hall–Kier alpha value is -10.4. The van der Waals surface area contributed by atoms with Crippen molar-refractivity contribution in [2.45, 2.75) is 154 Å². The van der Waals surface area contributed by atoms with Crippen LogP contribution in [0.3, 0.4) is 0 Å². The molecule has 8 aliphatic rings. The van der Waals surface area contributed by atoms with Crippen molar-refractivity contribution in [3.8, 4) is 5.88 Å². The minimum atomic E-state index is -0.211. The summed E-state index contributed by atoms with van der Waals surface area (Å²) < 4.78 is 60.5. The molecule has 0 radical (unpaired) electrons. The lowest BCUT2D eigenvalue weighted by atomic mass is 9.86. The summed E-state index contributed by atoms with van der Waals surface area (Å²) in [5, 5.41) is 17.7. The molecular formula is C103H104Cl3F4N9O5. The number of carbonyl (C=O) groups excluding carboxylic acids is 4. The average molecular weight is 1730 g/mol. The van der Waals surface area contributed by atoms with E-state index in [9.17, 15) is 36.7 Å². The number of fused-ring (bicyclic) bond motifs is 8. The minimum absolute atomic E-state index is 0.0180. The van der Waals surface area contributed by atoms with Gasteiger partial charge in [0, 0.05) is 109 Å². The number of rotatable bonds is 17. The van der Waals surface area contributed by atoms with E-state index < -0.39 is 0 Å². The van der Waals surface area contributed by atoms with Gasteiger partial charge in [0.05, 0.1) is 41.1 Å². The van der Waals surface area contributed by atoms with Gasteiger partial charge in [0.2, 0.25) is 29.5 Å². The zero-order valence-corrected chi connectivity index (χ0v) is 72.4. The Labute approximate surface area is 736 Å². The minimum Gasteiger partial charge on any atom is -0.481 e. The third-order valence-corrected chi connectivity index (χ3v) is 30.1. The molecular weight excluding hydrogens is 1630 g/mol. The molecule has 0 aliphatic heterocycles. The van der Waals surface area contributed by atoms with Crippen molar-refractivity contribution in [1.82, 2.24) is 24.9 Å². The van der Waals surface area contributed by atoms with Gasteiger partial charge in [0.1, 0.15) is 23.3 Å². The van der Waals surface area contributed by atoms with Crippen LogP contribution >= 0.6 is 34.8 Å². The van der Waals surface area contributed by atoms with Crippen molar-refractivity contribution in [3.63, 3.8) is 0 Å². The maximum Gasteiger partial charge on any atom is 0.227 e. The number of amides is 4. The molecule has 11 unspecified atom stereocenters. The molecule has 20 rings (SSSR count).